The number of carboxylic acids is 1. The number of ketones is 1. The maximum Gasteiger partial charge on any atom is 0.330 e. The Morgan fingerprint density at radius 1 is 1.28 bits per heavy atom. The van der Waals surface area contributed by atoms with Crippen LogP contribution in [0.5, 0.6) is 0 Å². The molecule has 0 amide bonds. The lowest BCUT2D eigenvalue weighted by molar-refractivity contribution is -0.149. The van der Waals surface area contributed by atoms with E-state index in [-0.39, 0.29) is 11.8 Å². The van der Waals surface area contributed by atoms with Crippen molar-refractivity contribution in [3.8, 4) is 0 Å². The van der Waals surface area contributed by atoms with Crippen LogP contribution in [0.2, 0.25) is 0 Å². The Labute approximate surface area is 107 Å². The van der Waals surface area contributed by atoms with Crippen LogP contribution in [0.15, 0.2) is 12.7 Å². The van der Waals surface area contributed by atoms with Crippen LogP contribution in [-0.4, -0.2) is 28.4 Å². The van der Waals surface area contributed by atoms with E-state index in [1.165, 1.54) is 6.92 Å². The number of hydrogen-bond donors (Lipinski definition) is 1. The molecule has 1 N–H and O–H groups in total. The molecule has 18 heavy (non-hydrogen) atoms. The molecule has 5 nitrogen and oxygen atoms in total. The Kier molecular flexibility index (Phi) is 5.27. The topological polar surface area (TPSA) is 80.7 Å². The van der Waals surface area contributed by atoms with E-state index in [4.69, 9.17) is 9.84 Å². The first kappa shape index (κ1) is 16.4. The minimum Gasteiger partial charge on any atom is -0.480 e. The van der Waals surface area contributed by atoms with Crippen molar-refractivity contribution < 1.29 is 24.2 Å². The largest absolute Gasteiger partial charge is 0.480 e. The van der Waals surface area contributed by atoms with Crippen molar-refractivity contribution in [1.82, 2.24) is 0 Å². The van der Waals surface area contributed by atoms with Crippen LogP contribution in [0.25, 0.3) is 0 Å². The molecule has 0 bridgehead atoms. The molecule has 0 radical (unpaired) electrons. The van der Waals surface area contributed by atoms with Gasteiger partial charge in [0.05, 0.1) is 0 Å². The summed E-state index contributed by atoms with van der Waals surface area (Å²) in [6.45, 7) is 10.0. The summed E-state index contributed by atoms with van der Waals surface area (Å²) in [7, 11) is 0. The normalized spacial score (nSPS) is 15.8. The fraction of sp³-hybridized carbons (Fsp3) is 0.615. The first-order valence-electron chi connectivity index (χ1n) is 5.65. The maximum atomic E-state index is 10.6. The Morgan fingerprint density at radius 3 is 1.78 bits per heavy atom. The zero-order valence-electron chi connectivity index (χ0n) is 11.3. The van der Waals surface area contributed by atoms with Gasteiger partial charge >= 0.3 is 11.9 Å². The summed E-state index contributed by atoms with van der Waals surface area (Å²) < 4.78 is 4.83. The third kappa shape index (κ3) is 5.12. The van der Waals surface area contributed by atoms with Crippen molar-refractivity contribution in [3.63, 3.8) is 0 Å². The fourth-order valence-corrected chi connectivity index (χ4v) is 1.18. The lowest BCUT2D eigenvalue weighted by Crippen LogP contribution is -2.22. The van der Waals surface area contributed by atoms with Gasteiger partial charge in [0.15, 0.2) is 0 Å². The summed E-state index contributed by atoms with van der Waals surface area (Å²) in [5, 5.41) is 8.45. The Morgan fingerprint density at radius 2 is 1.72 bits per heavy atom. The molecule has 0 unspecified atom stereocenters. The smallest absolute Gasteiger partial charge is 0.330 e. The van der Waals surface area contributed by atoms with Gasteiger partial charge in [-0.05, 0) is 40.5 Å². The van der Waals surface area contributed by atoms with Gasteiger partial charge in [0.25, 0.3) is 0 Å². The molecule has 0 aromatic heterocycles. The third-order valence-corrected chi connectivity index (χ3v) is 2.41. The highest BCUT2D eigenvalue weighted by Crippen LogP contribution is 2.46. The third-order valence-electron chi connectivity index (χ3n) is 2.41. The SMILES string of the molecule is C=CC(=O)OC(C)(C)C.CC(=O)C1(C(=O)O)CC1. The molecule has 1 saturated carbocycles. The van der Waals surface area contributed by atoms with Crippen LogP contribution in [0.4, 0.5) is 0 Å². The van der Waals surface area contributed by atoms with E-state index >= 15 is 0 Å². The van der Waals surface area contributed by atoms with E-state index < -0.39 is 17.0 Å². The number of esters is 1. The molecule has 1 fully saturated rings. The van der Waals surface area contributed by atoms with Gasteiger partial charge < -0.3 is 9.84 Å². The number of carboxylic acid groups (broad SMARTS) is 1. The van der Waals surface area contributed by atoms with Crippen LogP contribution >= 0.6 is 0 Å². The quantitative estimate of drug-likeness (QED) is 0.474. The summed E-state index contributed by atoms with van der Waals surface area (Å²) in [6.07, 6.45) is 2.21. The number of aliphatic carboxylic acids is 1. The molecule has 0 saturated heterocycles. The lowest BCUT2D eigenvalue weighted by Gasteiger charge is -2.17. The molecule has 0 atom stereocenters. The molecular formula is C13H20O5. The maximum absolute atomic E-state index is 10.6. The molecule has 1 aliphatic carbocycles. The molecule has 0 spiro atoms. The van der Waals surface area contributed by atoms with Gasteiger partial charge in [-0.15, -0.1) is 0 Å². The minimum atomic E-state index is -0.972. The monoisotopic (exact) mass is 256 g/mol. The van der Waals surface area contributed by atoms with E-state index in [2.05, 4.69) is 6.58 Å². The van der Waals surface area contributed by atoms with Gasteiger partial charge in [-0.2, -0.15) is 0 Å². The van der Waals surface area contributed by atoms with Crippen LogP contribution in [0.3, 0.4) is 0 Å². The average molecular weight is 256 g/mol. The zero-order chi connectivity index (χ0) is 14.6. The molecule has 1 aliphatic rings. The highest BCUT2D eigenvalue weighted by Gasteiger charge is 2.54. The van der Waals surface area contributed by atoms with Crippen molar-refractivity contribution in [2.24, 2.45) is 5.41 Å². The molecule has 0 heterocycles. The van der Waals surface area contributed by atoms with Crippen molar-refractivity contribution in [1.29, 1.82) is 0 Å². The first-order valence-corrected chi connectivity index (χ1v) is 5.65. The van der Waals surface area contributed by atoms with Crippen LogP contribution in [0, 0.1) is 5.41 Å². The number of hydrogen-bond acceptors (Lipinski definition) is 4. The summed E-state index contributed by atoms with van der Waals surface area (Å²) in [4.78, 5) is 31.4. The van der Waals surface area contributed by atoms with Gasteiger partial charge in [0, 0.05) is 6.08 Å². The Balaban J connectivity index is 0.000000321. The molecule has 0 aromatic carbocycles. The van der Waals surface area contributed by atoms with Crippen molar-refractivity contribution in [3.05, 3.63) is 12.7 Å². The predicted octanol–water partition coefficient (Wildman–Crippen LogP) is 1.95. The number of rotatable bonds is 3. The fourth-order valence-electron chi connectivity index (χ4n) is 1.18. The second kappa shape index (κ2) is 5.80. The number of carbonyl (C=O) groups is 3. The van der Waals surface area contributed by atoms with Gasteiger partial charge in [0.1, 0.15) is 16.8 Å². The first-order chi connectivity index (χ1) is 8.05. The van der Waals surface area contributed by atoms with Gasteiger partial charge in [-0.25, -0.2) is 4.79 Å². The van der Waals surface area contributed by atoms with Crippen LogP contribution in [-0.2, 0) is 19.1 Å². The Hall–Kier alpha value is -1.65. The Bertz CT molecular complexity index is 342. The van der Waals surface area contributed by atoms with Gasteiger partial charge in [0.2, 0.25) is 0 Å². The van der Waals surface area contributed by atoms with Gasteiger partial charge in [-0.1, -0.05) is 6.58 Å². The highest BCUT2D eigenvalue weighted by atomic mass is 16.6. The van der Waals surface area contributed by atoms with Gasteiger partial charge in [-0.3, -0.25) is 9.59 Å². The van der Waals surface area contributed by atoms with E-state index in [1.807, 2.05) is 20.8 Å². The van der Waals surface area contributed by atoms with Crippen molar-refractivity contribution in [2.45, 2.75) is 46.1 Å². The van der Waals surface area contributed by atoms with Crippen molar-refractivity contribution in [2.75, 3.05) is 0 Å². The standard InChI is InChI=1S/C7H12O2.C6H8O3/c1-5-6(8)9-7(2,3)4;1-4(7)6(2-3-6)5(8)9/h5H,1H2,2-4H3;2-3H2,1H3,(H,8,9). The molecule has 1 rings (SSSR count). The van der Waals surface area contributed by atoms with E-state index in [0.29, 0.717) is 12.8 Å². The average Bonchev–Trinajstić information content (AvgIpc) is 2.96. The molecular weight excluding hydrogens is 236 g/mol. The number of carbonyl (C=O) groups excluding carboxylic acids is 2. The number of Topliss-reactive ketones (excluding diaryl/α,β-unsaturated/α-hetero) is 1. The molecule has 0 aliphatic heterocycles. The second-order valence-electron chi connectivity index (χ2n) is 5.18. The van der Waals surface area contributed by atoms with E-state index in [0.717, 1.165) is 6.08 Å². The summed E-state index contributed by atoms with van der Waals surface area (Å²) in [5.41, 5.74) is -1.37. The molecule has 102 valence electrons. The van der Waals surface area contributed by atoms with Crippen molar-refractivity contribution >= 4 is 17.7 Å². The lowest BCUT2D eigenvalue weighted by atomic mass is 10.0. The van der Waals surface area contributed by atoms with Crippen LogP contribution in [0.1, 0.15) is 40.5 Å². The minimum absolute atomic E-state index is 0.213. The second-order valence-corrected chi connectivity index (χ2v) is 5.18. The van der Waals surface area contributed by atoms with Crippen LogP contribution < -0.4 is 0 Å². The summed E-state index contributed by atoms with van der Waals surface area (Å²) >= 11 is 0. The zero-order valence-corrected chi connectivity index (χ0v) is 11.3. The summed E-state index contributed by atoms with van der Waals surface area (Å²) in [6, 6.07) is 0. The molecule has 5 heteroatoms. The van der Waals surface area contributed by atoms with E-state index in [9.17, 15) is 14.4 Å². The summed E-state index contributed by atoms with van der Waals surface area (Å²) in [5.74, 6) is -1.55. The highest BCUT2D eigenvalue weighted by molar-refractivity contribution is 6.04. The van der Waals surface area contributed by atoms with E-state index in [1.54, 1.807) is 0 Å². The number of ether oxygens (including phenoxy) is 1. The predicted molar refractivity (Wildman–Crippen MR) is 66.0 cm³/mol. The molecule has 0 aromatic rings.